The number of aromatic nitrogens is 3. The zero-order valence-electron chi connectivity index (χ0n) is 17.6. The van der Waals surface area contributed by atoms with Crippen LogP contribution < -0.4 is 20.8 Å². The number of hydrogen-bond donors (Lipinski definition) is 2. The van der Waals surface area contributed by atoms with Crippen molar-refractivity contribution in [2.24, 2.45) is 0 Å². The first-order valence-electron chi connectivity index (χ1n) is 10.6. The fraction of sp³-hybridized carbons (Fsp3) is 0.208. The molecule has 0 unspecified atom stereocenters. The monoisotopic (exact) mass is 461 g/mol. The number of rotatable bonds is 3. The van der Waals surface area contributed by atoms with Crippen molar-refractivity contribution in [1.29, 1.82) is 0 Å². The molecular weight excluding hydrogens is 442 g/mol. The van der Waals surface area contributed by atoms with Crippen LogP contribution in [0.1, 0.15) is 16.8 Å². The van der Waals surface area contributed by atoms with E-state index in [0.29, 0.717) is 53.2 Å². The molecule has 0 spiro atoms. The Morgan fingerprint density at radius 3 is 2.70 bits per heavy atom. The molecule has 2 aliphatic heterocycles. The fourth-order valence-corrected chi connectivity index (χ4v) is 4.53. The first-order valence-corrected chi connectivity index (χ1v) is 11.0. The quantitative estimate of drug-likeness (QED) is 0.355. The Bertz CT molecular complexity index is 1450. The summed E-state index contributed by atoms with van der Waals surface area (Å²) in [6.07, 6.45) is 0.679. The van der Waals surface area contributed by atoms with Gasteiger partial charge in [-0.3, -0.25) is 9.69 Å². The highest BCUT2D eigenvalue weighted by atomic mass is 35.5. The Balaban J connectivity index is 1.26. The van der Waals surface area contributed by atoms with Crippen molar-refractivity contribution >= 4 is 28.2 Å². The van der Waals surface area contributed by atoms with Crippen LogP contribution in [0.25, 0.3) is 22.3 Å². The molecule has 0 radical (unpaired) electrons. The number of fused-ring (bicyclic) bond motifs is 3. The highest BCUT2D eigenvalue weighted by Gasteiger charge is 2.23. The van der Waals surface area contributed by atoms with E-state index in [9.17, 15) is 4.79 Å². The second-order valence-electron chi connectivity index (χ2n) is 8.26. The lowest BCUT2D eigenvalue weighted by atomic mass is 10.0. The highest BCUT2D eigenvalue weighted by Crippen LogP contribution is 2.36. The number of pyridine rings is 1. The van der Waals surface area contributed by atoms with E-state index >= 15 is 0 Å². The summed E-state index contributed by atoms with van der Waals surface area (Å²) in [5.74, 6) is 1.95. The number of anilines is 1. The third kappa shape index (κ3) is 3.67. The van der Waals surface area contributed by atoms with Crippen LogP contribution in [0.5, 0.6) is 11.5 Å². The molecule has 33 heavy (non-hydrogen) atoms. The van der Waals surface area contributed by atoms with Crippen LogP contribution >= 0.6 is 11.6 Å². The molecule has 2 aliphatic rings. The number of halogens is 1. The zero-order chi connectivity index (χ0) is 22.5. The number of hydrogen-bond acceptors (Lipinski definition) is 7. The third-order valence-corrected chi connectivity index (χ3v) is 6.39. The van der Waals surface area contributed by atoms with Crippen molar-refractivity contribution in [3.05, 3.63) is 74.8 Å². The van der Waals surface area contributed by atoms with Crippen LogP contribution in [0.2, 0.25) is 5.15 Å². The minimum atomic E-state index is -0.119. The van der Waals surface area contributed by atoms with E-state index in [4.69, 9.17) is 31.8 Å². The molecule has 0 aliphatic carbocycles. The number of nitrogens with zero attached hydrogens (tertiary/aromatic N) is 3. The van der Waals surface area contributed by atoms with E-state index in [1.807, 2.05) is 30.3 Å². The lowest BCUT2D eigenvalue weighted by molar-refractivity contribution is 0.174. The standard InChI is InChI=1S/C24H20ClN5O3/c25-22-15(7-14-8-20-21(33-12-32-20)9-19(14)27-22)10-30-6-5-18-17(11-30)24(31)29-23(28-18)13-1-3-16(26)4-2-13/h1-4,7-9H,5-6,10-12,26H2,(H,28,29,31). The molecule has 3 N–H and O–H groups in total. The second kappa shape index (κ2) is 7.75. The summed E-state index contributed by atoms with van der Waals surface area (Å²) in [5, 5.41) is 1.38. The number of nitrogens with two attached hydrogens (primary N) is 1. The number of nitrogen functional groups attached to an aromatic ring is 1. The van der Waals surface area contributed by atoms with Gasteiger partial charge in [-0.05, 0) is 36.4 Å². The molecule has 2 aromatic heterocycles. The van der Waals surface area contributed by atoms with Crippen molar-refractivity contribution < 1.29 is 9.47 Å². The average molecular weight is 462 g/mol. The number of aromatic amines is 1. The second-order valence-corrected chi connectivity index (χ2v) is 8.62. The van der Waals surface area contributed by atoms with Gasteiger partial charge in [-0.25, -0.2) is 9.97 Å². The number of nitrogens with one attached hydrogen (secondary N) is 1. The maximum atomic E-state index is 12.9. The summed E-state index contributed by atoms with van der Waals surface area (Å²) in [6.45, 7) is 2.05. The van der Waals surface area contributed by atoms with Crippen LogP contribution in [-0.4, -0.2) is 33.2 Å². The summed E-state index contributed by atoms with van der Waals surface area (Å²) < 4.78 is 10.9. The van der Waals surface area contributed by atoms with E-state index < -0.39 is 0 Å². The predicted molar refractivity (Wildman–Crippen MR) is 125 cm³/mol. The van der Waals surface area contributed by atoms with Crippen molar-refractivity contribution in [2.75, 3.05) is 19.1 Å². The predicted octanol–water partition coefficient (Wildman–Crippen LogP) is 3.51. The van der Waals surface area contributed by atoms with E-state index in [2.05, 4.69) is 14.9 Å². The van der Waals surface area contributed by atoms with Crippen LogP contribution in [0.4, 0.5) is 5.69 Å². The van der Waals surface area contributed by atoms with Gasteiger partial charge in [0, 0.05) is 54.3 Å². The van der Waals surface area contributed by atoms with Gasteiger partial charge < -0.3 is 20.2 Å². The maximum Gasteiger partial charge on any atom is 0.255 e. The van der Waals surface area contributed by atoms with E-state index in [1.165, 1.54) is 0 Å². The first kappa shape index (κ1) is 20.0. The van der Waals surface area contributed by atoms with Crippen LogP contribution in [0.3, 0.4) is 0 Å². The molecule has 166 valence electrons. The van der Waals surface area contributed by atoms with Gasteiger partial charge in [0.15, 0.2) is 11.5 Å². The molecule has 9 heteroatoms. The molecule has 0 amide bonds. The number of benzene rings is 2. The zero-order valence-corrected chi connectivity index (χ0v) is 18.4. The fourth-order valence-electron chi connectivity index (χ4n) is 4.33. The van der Waals surface area contributed by atoms with Crippen molar-refractivity contribution in [2.45, 2.75) is 19.5 Å². The van der Waals surface area contributed by atoms with Gasteiger partial charge in [0.1, 0.15) is 11.0 Å². The highest BCUT2D eigenvalue weighted by molar-refractivity contribution is 6.30. The maximum absolute atomic E-state index is 12.9. The SMILES string of the molecule is Nc1ccc(-c2nc3c(c(=O)[nH]2)CN(Cc2cc4cc5c(cc4nc2Cl)OCO5)CC3)cc1. The molecule has 8 nitrogen and oxygen atoms in total. The molecule has 0 saturated carbocycles. The molecule has 4 aromatic rings. The van der Waals surface area contributed by atoms with Crippen molar-refractivity contribution in [3.63, 3.8) is 0 Å². The smallest absolute Gasteiger partial charge is 0.255 e. The third-order valence-electron chi connectivity index (χ3n) is 6.06. The van der Waals surface area contributed by atoms with Gasteiger partial charge in [0.05, 0.1) is 16.8 Å². The van der Waals surface area contributed by atoms with E-state index in [-0.39, 0.29) is 12.4 Å². The van der Waals surface area contributed by atoms with Crippen LogP contribution in [-0.2, 0) is 19.5 Å². The van der Waals surface area contributed by atoms with E-state index in [1.54, 1.807) is 12.1 Å². The van der Waals surface area contributed by atoms with Gasteiger partial charge in [0.2, 0.25) is 6.79 Å². The first-order chi connectivity index (χ1) is 16.0. The van der Waals surface area contributed by atoms with Gasteiger partial charge in [-0.2, -0.15) is 0 Å². The number of ether oxygens (including phenoxy) is 2. The molecule has 0 saturated heterocycles. The Morgan fingerprint density at radius 2 is 1.88 bits per heavy atom. The van der Waals surface area contributed by atoms with Crippen molar-refractivity contribution in [3.8, 4) is 22.9 Å². The Labute approximate surface area is 193 Å². The summed E-state index contributed by atoms with van der Waals surface area (Å²) in [5.41, 5.74) is 10.3. The molecular formula is C24H20ClN5O3. The average Bonchev–Trinajstić information content (AvgIpc) is 3.26. The topological polar surface area (TPSA) is 106 Å². The molecule has 0 fully saturated rings. The van der Waals surface area contributed by atoms with E-state index in [0.717, 1.165) is 34.3 Å². The van der Waals surface area contributed by atoms with Crippen molar-refractivity contribution in [1.82, 2.24) is 19.9 Å². The summed E-state index contributed by atoms with van der Waals surface area (Å²) >= 11 is 6.51. The summed E-state index contributed by atoms with van der Waals surface area (Å²) in [7, 11) is 0. The van der Waals surface area contributed by atoms with Gasteiger partial charge in [0.25, 0.3) is 5.56 Å². The minimum Gasteiger partial charge on any atom is -0.454 e. The van der Waals surface area contributed by atoms with Gasteiger partial charge >= 0.3 is 0 Å². The Hall–Kier alpha value is -3.62. The Kier molecular flexibility index (Phi) is 4.70. The van der Waals surface area contributed by atoms with Gasteiger partial charge in [-0.1, -0.05) is 11.6 Å². The minimum absolute atomic E-state index is 0.119. The molecule has 0 atom stereocenters. The summed E-state index contributed by atoms with van der Waals surface area (Å²) in [6, 6.07) is 13.1. The largest absolute Gasteiger partial charge is 0.454 e. The molecule has 2 aromatic carbocycles. The lowest BCUT2D eigenvalue weighted by Gasteiger charge is -2.28. The number of H-pyrrole nitrogens is 1. The molecule has 6 rings (SSSR count). The van der Waals surface area contributed by atoms with Crippen LogP contribution in [0, 0.1) is 0 Å². The van der Waals surface area contributed by atoms with Crippen LogP contribution in [0.15, 0.2) is 47.3 Å². The summed E-state index contributed by atoms with van der Waals surface area (Å²) in [4.78, 5) is 27.2. The molecule has 4 heterocycles. The molecule has 0 bridgehead atoms. The Morgan fingerprint density at radius 1 is 1.09 bits per heavy atom. The van der Waals surface area contributed by atoms with Gasteiger partial charge in [-0.15, -0.1) is 0 Å². The normalized spacial score (nSPS) is 15.1. The lowest BCUT2D eigenvalue weighted by Crippen LogP contribution is -2.35.